The topological polar surface area (TPSA) is 109 Å². The van der Waals surface area contributed by atoms with E-state index in [0.29, 0.717) is 31.7 Å². The number of hydrogen-bond donors (Lipinski definition) is 3. The van der Waals surface area contributed by atoms with Crippen LogP contribution in [-0.2, 0) is 16.0 Å². The Labute approximate surface area is 159 Å². The lowest BCUT2D eigenvalue weighted by molar-refractivity contribution is -0.123. The van der Waals surface area contributed by atoms with Crippen LogP contribution in [-0.4, -0.2) is 43.6 Å². The number of Topliss-reactive ketones (excluding diaryl/α,β-unsaturated/α-hetero) is 1. The molecule has 8 nitrogen and oxygen atoms in total. The normalized spacial score (nSPS) is 11.7. The van der Waals surface area contributed by atoms with Gasteiger partial charge in [0.15, 0.2) is 6.61 Å². The molecule has 0 spiro atoms. The highest BCUT2D eigenvalue weighted by Crippen LogP contribution is 2.12. The summed E-state index contributed by atoms with van der Waals surface area (Å²) in [7, 11) is 0. The fourth-order valence-corrected chi connectivity index (χ4v) is 2.24. The Morgan fingerprint density at radius 2 is 1.89 bits per heavy atom. The van der Waals surface area contributed by atoms with Gasteiger partial charge in [-0.3, -0.25) is 4.79 Å². The van der Waals surface area contributed by atoms with Crippen molar-refractivity contribution in [1.29, 1.82) is 0 Å². The molecular formula is C19H28N4O4. The molecule has 1 atom stereocenters. The van der Waals surface area contributed by atoms with Gasteiger partial charge in [-0.2, -0.15) is 5.10 Å². The van der Waals surface area contributed by atoms with Crippen LogP contribution in [0.4, 0.5) is 4.79 Å². The van der Waals surface area contributed by atoms with Gasteiger partial charge >= 0.3 is 6.03 Å². The van der Waals surface area contributed by atoms with Gasteiger partial charge in [0.25, 0.3) is 5.91 Å². The first kappa shape index (κ1) is 22.1. The minimum absolute atomic E-state index is 0.0134. The van der Waals surface area contributed by atoms with E-state index < -0.39 is 6.03 Å². The zero-order valence-corrected chi connectivity index (χ0v) is 16.1. The number of hydrazone groups is 1. The maximum Gasteiger partial charge on any atom is 0.335 e. The van der Waals surface area contributed by atoms with Crippen molar-refractivity contribution in [3.8, 4) is 5.75 Å². The molecule has 0 saturated carbocycles. The summed E-state index contributed by atoms with van der Waals surface area (Å²) < 4.78 is 5.38. The number of carbonyl (C=O) groups is 3. The van der Waals surface area contributed by atoms with Crippen molar-refractivity contribution in [2.24, 2.45) is 11.0 Å². The lowest BCUT2D eigenvalue weighted by Gasteiger charge is -2.08. The minimum Gasteiger partial charge on any atom is -0.484 e. The highest BCUT2D eigenvalue weighted by atomic mass is 16.5. The Kier molecular flexibility index (Phi) is 10.2. The van der Waals surface area contributed by atoms with Crippen molar-refractivity contribution in [1.82, 2.24) is 16.1 Å². The van der Waals surface area contributed by atoms with E-state index in [2.05, 4.69) is 21.2 Å². The second kappa shape index (κ2) is 12.5. The van der Waals surface area contributed by atoms with Crippen molar-refractivity contribution in [2.75, 3.05) is 19.7 Å². The Balaban J connectivity index is 2.25. The van der Waals surface area contributed by atoms with Gasteiger partial charge in [0.05, 0.1) is 0 Å². The van der Waals surface area contributed by atoms with Crippen LogP contribution in [0.5, 0.6) is 5.75 Å². The van der Waals surface area contributed by atoms with Crippen LogP contribution in [0.15, 0.2) is 29.4 Å². The first-order chi connectivity index (χ1) is 12.9. The third kappa shape index (κ3) is 10.6. The van der Waals surface area contributed by atoms with E-state index in [9.17, 15) is 14.4 Å². The van der Waals surface area contributed by atoms with Crippen LogP contribution in [0.25, 0.3) is 0 Å². The molecule has 8 heteroatoms. The van der Waals surface area contributed by atoms with Crippen LogP contribution in [0.2, 0.25) is 0 Å². The number of amides is 3. The number of nitrogens with zero attached hydrogens (tertiary/aromatic N) is 1. The van der Waals surface area contributed by atoms with Crippen molar-refractivity contribution >= 4 is 23.9 Å². The number of likely N-dealkylation sites (N-methyl/N-ethyl adjacent to an activating group) is 1. The molecule has 0 radical (unpaired) electrons. The molecule has 0 bridgehead atoms. The van der Waals surface area contributed by atoms with Crippen LogP contribution in [0.1, 0.15) is 32.8 Å². The molecule has 148 valence electrons. The van der Waals surface area contributed by atoms with Crippen molar-refractivity contribution in [3.63, 3.8) is 0 Å². The van der Waals surface area contributed by atoms with Gasteiger partial charge < -0.3 is 20.2 Å². The molecule has 0 aliphatic rings. The first-order valence-corrected chi connectivity index (χ1v) is 8.95. The molecule has 1 aromatic rings. The fraction of sp³-hybridized carbons (Fsp3) is 0.474. The van der Waals surface area contributed by atoms with E-state index in [4.69, 9.17) is 4.74 Å². The second-order valence-electron chi connectivity index (χ2n) is 6.17. The van der Waals surface area contributed by atoms with Gasteiger partial charge in [-0.15, -0.1) is 0 Å². The van der Waals surface area contributed by atoms with Crippen molar-refractivity contribution in [2.45, 2.75) is 33.6 Å². The van der Waals surface area contributed by atoms with Crippen molar-refractivity contribution in [3.05, 3.63) is 29.8 Å². The summed E-state index contributed by atoms with van der Waals surface area (Å²) >= 11 is 0. The zero-order valence-electron chi connectivity index (χ0n) is 16.1. The number of rotatable bonds is 11. The fourth-order valence-electron chi connectivity index (χ4n) is 2.24. The molecule has 0 aliphatic heterocycles. The molecule has 0 heterocycles. The Hall–Kier alpha value is -2.90. The molecule has 0 aliphatic carbocycles. The maximum atomic E-state index is 11.6. The molecule has 3 amide bonds. The predicted octanol–water partition coefficient (Wildman–Crippen LogP) is 1.64. The van der Waals surface area contributed by atoms with E-state index in [0.717, 1.165) is 5.56 Å². The molecule has 0 fully saturated rings. The smallest absolute Gasteiger partial charge is 0.335 e. The lowest BCUT2D eigenvalue weighted by Crippen LogP contribution is -2.33. The predicted molar refractivity (Wildman–Crippen MR) is 104 cm³/mol. The van der Waals surface area contributed by atoms with Gasteiger partial charge in [-0.1, -0.05) is 19.1 Å². The van der Waals surface area contributed by atoms with E-state index in [1.54, 1.807) is 18.3 Å². The molecule has 0 unspecified atom stereocenters. The number of urea groups is 1. The number of ether oxygens (including phenoxy) is 1. The Morgan fingerprint density at radius 1 is 1.19 bits per heavy atom. The summed E-state index contributed by atoms with van der Waals surface area (Å²) in [6, 6.07) is 6.94. The standard InChI is InChI=1S/C19H28N4O4/c1-4-20-18(25)13-27-17-7-5-16(6-8-17)9-10-21-19(26)23-22-12-14(2)11-15(3)24/h5-8,12,14H,4,9-11,13H2,1-3H3,(H,20,25)(H2,21,23,26)/b22-12+/t14-/m0/s1. The molecular weight excluding hydrogens is 348 g/mol. The third-order valence-electron chi connectivity index (χ3n) is 3.47. The summed E-state index contributed by atoms with van der Waals surface area (Å²) in [5.74, 6) is 0.524. The highest BCUT2D eigenvalue weighted by Gasteiger charge is 2.03. The second-order valence-corrected chi connectivity index (χ2v) is 6.17. The summed E-state index contributed by atoms with van der Waals surface area (Å²) in [5.41, 5.74) is 3.40. The van der Waals surface area contributed by atoms with Crippen LogP contribution < -0.4 is 20.8 Å². The van der Waals surface area contributed by atoms with Gasteiger partial charge in [0.2, 0.25) is 0 Å². The number of benzene rings is 1. The molecule has 27 heavy (non-hydrogen) atoms. The first-order valence-electron chi connectivity index (χ1n) is 8.95. The number of ketones is 1. The lowest BCUT2D eigenvalue weighted by atomic mass is 10.1. The Morgan fingerprint density at radius 3 is 2.52 bits per heavy atom. The summed E-state index contributed by atoms with van der Waals surface area (Å²) in [4.78, 5) is 33.9. The largest absolute Gasteiger partial charge is 0.484 e. The van der Waals surface area contributed by atoms with E-state index in [-0.39, 0.29) is 24.2 Å². The average molecular weight is 376 g/mol. The molecule has 1 aromatic carbocycles. The number of hydrogen-bond acceptors (Lipinski definition) is 5. The quantitative estimate of drug-likeness (QED) is 0.403. The molecule has 1 rings (SSSR count). The van der Waals surface area contributed by atoms with Crippen LogP contribution >= 0.6 is 0 Å². The molecule has 0 aromatic heterocycles. The van der Waals surface area contributed by atoms with Gasteiger partial charge in [-0.05, 0) is 38.0 Å². The zero-order chi connectivity index (χ0) is 20.1. The minimum atomic E-state index is -0.400. The number of nitrogens with one attached hydrogen (secondary N) is 3. The van der Waals surface area contributed by atoms with Gasteiger partial charge in [-0.25, -0.2) is 10.2 Å². The maximum absolute atomic E-state index is 11.6. The van der Waals surface area contributed by atoms with Crippen LogP contribution in [0.3, 0.4) is 0 Å². The monoisotopic (exact) mass is 376 g/mol. The summed E-state index contributed by atoms with van der Waals surface area (Å²) in [6.45, 7) is 6.23. The summed E-state index contributed by atoms with van der Waals surface area (Å²) in [5, 5.41) is 9.18. The average Bonchev–Trinajstić information content (AvgIpc) is 2.60. The highest BCUT2D eigenvalue weighted by molar-refractivity contribution is 5.80. The van der Waals surface area contributed by atoms with E-state index in [1.165, 1.54) is 6.92 Å². The molecule has 3 N–H and O–H groups in total. The summed E-state index contributed by atoms with van der Waals surface area (Å²) in [6.07, 6.45) is 2.59. The van der Waals surface area contributed by atoms with Gasteiger partial charge in [0, 0.05) is 31.6 Å². The third-order valence-corrected chi connectivity index (χ3v) is 3.47. The van der Waals surface area contributed by atoms with Gasteiger partial charge in [0.1, 0.15) is 11.5 Å². The molecule has 0 saturated heterocycles. The Bertz CT molecular complexity index is 644. The SMILES string of the molecule is CCNC(=O)COc1ccc(CCNC(=O)N/N=C/[C@@H](C)CC(C)=O)cc1. The van der Waals surface area contributed by atoms with Crippen LogP contribution in [0, 0.1) is 5.92 Å². The van der Waals surface area contributed by atoms with E-state index in [1.807, 2.05) is 26.0 Å². The van der Waals surface area contributed by atoms with E-state index >= 15 is 0 Å². The number of carbonyl (C=O) groups excluding carboxylic acids is 3. The van der Waals surface area contributed by atoms with Crippen molar-refractivity contribution < 1.29 is 19.1 Å².